The van der Waals surface area contributed by atoms with Crippen LogP contribution in [0.5, 0.6) is 0 Å². The van der Waals surface area contributed by atoms with E-state index < -0.39 is 11.4 Å². The van der Waals surface area contributed by atoms with E-state index in [9.17, 15) is 9.90 Å². The van der Waals surface area contributed by atoms with Gasteiger partial charge >= 0.3 is 5.97 Å². The SMILES string of the molecule is COCCC[C@@]1(C(=O)O)CCCN(Cc2ccccc2C)C1. The zero-order valence-corrected chi connectivity index (χ0v) is 13.7. The van der Waals surface area contributed by atoms with Crippen molar-refractivity contribution in [3.05, 3.63) is 35.4 Å². The van der Waals surface area contributed by atoms with Gasteiger partial charge < -0.3 is 9.84 Å². The molecule has 1 aliphatic rings. The van der Waals surface area contributed by atoms with E-state index in [4.69, 9.17) is 4.74 Å². The summed E-state index contributed by atoms with van der Waals surface area (Å²) < 4.78 is 5.09. The molecule has 0 aliphatic carbocycles. The number of likely N-dealkylation sites (tertiary alicyclic amines) is 1. The second-order valence-electron chi connectivity index (χ2n) is 6.42. The minimum absolute atomic E-state index is 0.612. The highest BCUT2D eigenvalue weighted by Crippen LogP contribution is 2.35. The fourth-order valence-electron chi connectivity index (χ4n) is 3.43. The summed E-state index contributed by atoms with van der Waals surface area (Å²) in [5.41, 5.74) is 1.95. The van der Waals surface area contributed by atoms with Crippen LogP contribution in [0.2, 0.25) is 0 Å². The van der Waals surface area contributed by atoms with Crippen LogP contribution < -0.4 is 0 Å². The van der Waals surface area contributed by atoms with Gasteiger partial charge in [0.1, 0.15) is 0 Å². The molecule has 0 bridgehead atoms. The lowest BCUT2D eigenvalue weighted by Gasteiger charge is -2.40. The lowest BCUT2D eigenvalue weighted by molar-refractivity contribution is -0.153. The summed E-state index contributed by atoms with van der Waals surface area (Å²) in [5, 5.41) is 9.76. The molecule has 0 amide bonds. The maximum absolute atomic E-state index is 11.9. The Bertz CT molecular complexity index is 503. The zero-order valence-electron chi connectivity index (χ0n) is 13.7. The molecule has 1 N–H and O–H groups in total. The smallest absolute Gasteiger partial charge is 0.310 e. The maximum atomic E-state index is 11.9. The molecule has 122 valence electrons. The number of piperidine rings is 1. The van der Waals surface area contributed by atoms with Crippen molar-refractivity contribution in [3.63, 3.8) is 0 Å². The molecule has 1 atom stereocenters. The molecule has 2 rings (SSSR count). The van der Waals surface area contributed by atoms with Crippen LogP contribution in [0.25, 0.3) is 0 Å². The average Bonchev–Trinajstić information content (AvgIpc) is 2.50. The molecule has 1 heterocycles. The van der Waals surface area contributed by atoms with Gasteiger partial charge in [0, 0.05) is 26.8 Å². The number of carboxylic acid groups (broad SMARTS) is 1. The number of methoxy groups -OCH3 is 1. The number of aliphatic carboxylic acids is 1. The van der Waals surface area contributed by atoms with Crippen molar-refractivity contribution in [2.75, 3.05) is 26.8 Å². The first-order chi connectivity index (χ1) is 10.6. The minimum atomic E-state index is -0.655. The summed E-state index contributed by atoms with van der Waals surface area (Å²) >= 11 is 0. The molecule has 1 saturated heterocycles. The highest BCUT2D eigenvalue weighted by Gasteiger charge is 2.41. The third-order valence-electron chi connectivity index (χ3n) is 4.77. The van der Waals surface area contributed by atoms with Gasteiger partial charge in [-0.1, -0.05) is 24.3 Å². The molecule has 0 unspecified atom stereocenters. The maximum Gasteiger partial charge on any atom is 0.310 e. The second-order valence-corrected chi connectivity index (χ2v) is 6.42. The Morgan fingerprint density at radius 3 is 2.86 bits per heavy atom. The monoisotopic (exact) mass is 305 g/mol. The Kier molecular flexibility index (Phi) is 5.98. The number of aryl methyl sites for hydroxylation is 1. The van der Waals surface area contributed by atoms with E-state index in [1.807, 2.05) is 6.07 Å². The standard InChI is InChI=1S/C18H27NO3/c1-15-7-3-4-8-16(15)13-19-11-5-9-18(14-19,17(20)21)10-6-12-22-2/h3-4,7-8H,5-6,9-14H2,1-2H3,(H,20,21)/t18-/m0/s1. The molecule has 0 radical (unpaired) electrons. The predicted octanol–water partition coefficient (Wildman–Crippen LogP) is 3.09. The minimum Gasteiger partial charge on any atom is -0.481 e. The highest BCUT2D eigenvalue weighted by atomic mass is 16.5. The van der Waals surface area contributed by atoms with E-state index in [0.29, 0.717) is 19.6 Å². The molecule has 1 fully saturated rings. The molecule has 1 aliphatic heterocycles. The van der Waals surface area contributed by atoms with Gasteiger partial charge in [0.25, 0.3) is 0 Å². The van der Waals surface area contributed by atoms with Gasteiger partial charge in [0.2, 0.25) is 0 Å². The molecule has 1 aromatic rings. The Morgan fingerprint density at radius 1 is 1.41 bits per heavy atom. The Morgan fingerprint density at radius 2 is 2.18 bits per heavy atom. The van der Waals surface area contributed by atoms with Crippen LogP contribution in [0.1, 0.15) is 36.8 Å². The summed E-state index contributed by atoms with van der Waals surface area (Å²) in [4.78, 5) is 14.2. The van der Waals surface area contributed by atoms with Crippen LogP contribution in [0.4, 0.5) is 0 Å². The fraction of sp³-hybridized carbons (Fsp3) is 0.611. The van der Waals surface area contributed by atoms with Gasteiger partial charge in [0.15, 0.2) is 0 Å². The highest BCUT2D eigenvalue weighted by molar-refractivity contribution is 5.75. The summed E-state index contributed by atoms with van der Waals surface area (Å²) in [7, 11) is 1.67. The van der Waals surface area contributed by atoms with Crippen LogP contribution in [-0.2, 0) is 16.1 Å². The first-order valence-corrected chi connectivity index (χ1v) is 8.06. The summed E-state index contributed by atoms with van der Waals surface area (Å²) in [5.74, 6) is -0.655. The summed E-state index contributed by atoms with van der Waals surface area (Å²) in [6.45, 7) is 5.20. The van der Waals surface area contributed by atoms with Gasteiger partial charge in [-0.05, 0) is 50.3 Å². The molecule has 4 nitrogen and oxygen atoms in total. The third kappa shape index (κ3) is 4.08. The molecule has 0 aromatic heterocycles. The van der Waals surface area contributed by atoms with Crippen molar-refractivity contribution >= 4 is 5.97 Å². The average molecular weight is 305 g/mol. The molecule has 22 heavy (non-hydrogen) atoms. The van der Waals surface area contributed by atoms with Gasteiger partial charge in [-0.3, -0.25) is 9.69 Å². The van der Waals surface area contributed by atoms with E-state index in [2.05, 4.69) is 30.0 Å². The number of carboxylic acids is 1. The van der Waals surface area contributed by atoms with Gasteiger partial charge in [-0.25, -0.2) is 0 Å². The Balaban J connectivity index is 2.05. The van der Waals surface area contributed by atoms with Crippen molar-refractivity contribution in [2.45, 2.75) is 39.2 Å². The lowest BCUT2D eigenvalue weighted by Crippen LogP contribution is -2.47. The number of hydrogen-bond donors (Lipinski definition) is 1. The Labute approximate surface area is 133 Å². The Hall–Kier alpha value is -1.39. The molecule has 4 heteroatoms. The second kappa shape index (κ2) is 7.75. The largest absolute Gasteiger partial charge is 0.481 e. The number of carbonyl (C=O) groups is 1. The van der Waals surface area contributed by atoms with Crippen molar-refractivity contribution in [3.8, 4) is 0 Å². The molecule has 0 spiro atoms. The van der Waals surface area contributed by atoms with Crippen LogP contribution in [0.15, 0.2) is 24.3 Å². The van der Waals surface area contributed by atoms with Crippen LogP contribution in [0.3, 0.4) is 0 Å². The van der Waals surface area contributed by atoms with E-state index in [1.54, 1.807) is 7.11 Å². The van der Waals surface area contributed by atoms with E-state index in [1.165, 1.54) is 11.1 Å². The topological polar surface area (TPSA) is 49.8 Å². The number of ether oxygens (including phenoxy) is 1. The molecule has 1 aromatic carbocycles. The van der Waals surface area contributed by atoms with E-state index in [-0.39, 0.29) is 0 Å². The van der Waals surface area contributed by atoms with E-state index in [0.717, 1.165) is 32.4 Å². The number of rotatable bonds is 7. The normalized spacial score (nSPS) is 22.6. The first kappa shape index (κ1) is 17.0. The van der Waals surface area contributed by atoms with Gasteiger partial charge in [-0.2, -0.15) is 0 Å². The van der Waals surface area contributed by atoms with Gasteiger partial charge in [0.05, 0.1) is 5.41 Å². The molecule has 0 saturated carbocycles. The van der Waals surface area contributed by atoms with Crippen molar-refractivity contribution < 1.29 is 14.6 Å². The number of nitrogens with zero attached hydrogens (tertiary/aromatic N) is 1. The fourth-order valence-corrected chi connectivity index (χ4v) is 3.43. The predicted molar refractivity (Wildman–Crippen MR) is 86.9 cm³/mol. The lowest BCUT2D eigenvalue weighted by atomic mass is 9.76. The first-order valence-electron chi connectivity index (χ1n) is 8.06. The summed E-state index contributed by atoms with van der Waals surface area (Å²) in [6.07, 6.45) is 3.23. The molecular formula is C18H27NO3. The van der Waals surface area contributed by atoms with Crippen LogP contribution in [0, 0.1) is 12.3 Å². The summed E-state index contributed by atoms with van der Waals surface area (Å²) in [6, 6.07) is 8.34. The van der Waals surface area contributed by atoms with Gasteiger partial charge in [-0.15, -0.1) is 0 Å². The number of hydrogen-bond acceptors (Lipinski definition) is 3. The van der Waals surface area contributed by atoms with Crippen molar-refractivity contribution in [1.82, 2.24) is 4.90 Å². The van der Waals surface area contributed by atoms with Crippen molar-refractivity contribution in [1.29, 1.82) is 0 Å². The zero-order chi connectivity index (χ0) is 16.0. The van der Waals surface area contributed by atoms with E-state index >= 15 is 0 Å². The number of benzene rings is 1. The van der Waals surface area contributed by atoms with Crippen LogP contribution in [-0.4, -0.2) is 42.8 Å². The third-order valence-corrected chi connectivity index (χ3v) is 4.77. The van der Waals surface area contributed by atoms with Crippen LogP contribution >= 0.6 is 0 Å². The van der Waals surface area contributed by atoms with Crippen molar-refractivity contribution in [2.24, 2.45) is 5.41 Å². The molecular weight excluding hydrogens is 278 g/mol. The quantitative estimate of drug-likeness (QED) is 0.787.